The zero-order valence-electron chi connectivity index (χ0n) is 47.9. The molecular weight excluding hydrogens is 901 g/mol. The molecule has 0 spiro atoms. The molecule has 0 aromatic rings. The Balaban J connectivity index is 4.41. The molecule has 0 aliphatic heterocycles. The van der Waals surface area contributed by atoms with E-state index in [9.17, 15) is 14.4 Å². The van der Waals surface area contributed by atoms with E-state index in [1.54, 1.807) is 0 Å². The molecule has 0 radical (unpaired) electrons. The van der Waals surface area contributed by atoms with Crippen molar-refractivity contribution in [2.75, 3.05) is 13.2 Å². The maximum absolute atomic E-state index is 12.9. The van der Waals surface area contributed by atoms with E-state index in [1.807, 2.05) is 0 Å². The molecule has 1 atom stereocenters. The van der Waals surface area contributed by atoms with Gasteiger partial charge in [-0.2, -0.15) is 0 Å². The first-order chi connectivity index (χ1) is 36.0. The van der Waals surface area contributed by atoms with Crippen molar-refractivity contribution in [2.24, 2.45) is 0 Å². The molecule has 0 heterocycles. The highest BCUT2D eigenvalue weighted by molar-refractivity contribution is 5.71. The summed E-state index contributed by atoms with van der Waals surface area (Å²) in [7, 11) is 0. The molecule has 0 aliphatic rings. The first-order valence-corrected chi connectivity index (χ1v) is 30.7. The topological polar surface area (TPSA) is 78.9 Å². The van der Waals surface area contributed by atoms with Crippen LogP contribution in [0.15, 0.2) is 97.2 Å². The van der Waals surface area contributed by atoms with Crippen LogP contribution in [0.4, 0.5) is 0 Å². The van der Waals surface area contributed by atoms with Gasteiger partial charge in [-0.05, 0) is 122 Å². The number of unbranched alkanes of at least 4 members (excludes halogenated alkanes) is 28. The summed E-state index contributed by atoms with van der Waals surface area (Å²) in [6.45, 7) is 6.48. The Labute approximate surface area is 451 Å². The molecule has 0 aromatic carbocycles. The lowest BCUT2D eigenvalue weighted by atomic mass is 10.1. The zero-order chi connectivity index (χ0) is 52.9. The third-order valence-electron chi connectivity index (χ3n) is 13.0. The molecule has 0 saturated carbocycles. The largest absolute Gasteiger partial charge is 0.462 e. The van der Waals surface area contributed by atoms with Crippen LogP contribution in [0.1, 0.15) is 290 Å². The Morgan fingerprint density at radius 1 is 0.288 bits per heavy atom. The van der Waals surface area contributed by atoms with Gasteiger partial charge in [0.05, 0.1) is 0 Å². The van der Waals surface area contributed by atoms with Crippen molar-refractivity contribution in [3.05, 3.63) is 97.2 Å². The third-order valence-corrected chi connectivity index (χ3v) is 13.0. The zero-order valence-corrected chi connectivity index (χ0v) is 47.9. The van der Waals surface area contributed by atoms with E-state index in [4.69, 9.17) is 14.2 Å². The fraction of sp³-hybridized carbons (Fsp3) is 0.716. The predicted octanol–water partition coefficient (Wildman–Crippen LogP) is 20.9. The minimum Gasteiger partial charge on any atom is -0.462 e. The molecule has 1 unspecified atom stereocenters. The number of hydrogen-bond acceptors (Lipinski definition) is 6. The van der Waals surface area contributed by atoms with Gasteiger partial charge in [-0.1, -0.05) is 246 Å². The molecule has 0 aliphatic carbocycles. The van der Waals surface area contributed by atoms with Gasteiger partial charge < -0.3 is 14.2 Å². The maximum Gasteiger partial charge on any atom is 0.306 e. The predicted molar refractivity (Wildman–Crippen MR) is 316 cm³/mol. The summed E-state index contributed by atoms with van der Waals surface area (Å²) in [5.41, 5.74) is 0. The van der Waals surface area contributed by atoms with Gasteiger partial charge in [0, 0.05) is 19.3 Å². The molecule has 6 nitrogen and oxygen atoms in total. The molecule has 0 N–H and O–H groups in total. The van der Waals surface area contributed by atoms with Gasteiger partial charge in [0.25, 0.3) is 0 Å². The summed E-state index contributed by atoms with van der Waals surface area (Å²) in [5, 5.41) is 0. The van der Waals surface area contributed by atoms with Crippen molar-refractivity contribution in [1.29, 1.82) is 0 Å². The number of hydrogen-bond donors (Lipinski definition) is 0. The SMILES string of the molecule is CC/C=C\C/C=C\C/C=C\CCCCCC(=O)OCC(COC(=O)CCCCCCCC/C=C\C/C=C\C/C=C\CCCCCCC)OC(=O)CCCCCCCCCCC/C=C\C/C=C\CCCCCCC. The Morgan fingerprint density at radius 2 is 0.534 bits per heavy atom. The summed E-state index contributed by atoms with van der Waals surface area (Å²) < 4.78 is 16.9. The molecule has 73 heavy (non-hydrogen) atoms. The summed E-state index contributed by atoms with van der Waals surface area (Å²) in [5.74, 6) is -0.936. The van der Waals surface area contributed by atoms with Crippen LogP contribution < -0.4 is 0 Å². The highest BCUT2D eigenvalue weighted by Crippen LogP contribution is 2.15. The average Bonchev–Trinajstić information content (AvgIpc) is 3.39. The highest BCUT2D eigenvalue weighted by atomic mass is 16.6. The molecule has 0 bridgehead atoms. The van der Waals surface area contributed by atoms with Crippen molar-refractivity contribution < 1.29 is 28.6 Å². The number of ether oxygens (including phenoxy) is 3. The second-order valence-corrected chi connectivity index (χ2v) is 20.2. The van der Waals surface area contributed by atoms with Crippen LogP contribution in [-0.4, -0.2) is 37.2 Å². The van der Waals surface area contributed by atoms with Crippen LogP contribution in [0.5, 0.6) is 0 Å². The maximum atomic E-state index is 12.9. The minimum atomic E-state index is -0.800. The van der Waals surface area contributed by atoms with E-state index in [0.29, 0.717) is 19.3 Å². The van der Waals surface area contributed by atoms with E-state index in [-0.39, 0.29) is 31.1 Å². The van der Waals surface area contributed by atoms with Gasteiger partial charge in [-0.15, -0.1) is 0 Å². The summed E-state index contributed by atoms with van der Waals surface area (Å²) >= 11 is 0. The normalized spacial score (nSPS) is 12.8. The van der Waals surface area contributed by atoms with Gasteiger partial charge in [0.1, 0.15) is 13.2 Å². The third kappa shape index (κ3) is 59.1. The average molecular weight is 1020 g/mol. The molecule has 0 saturated heterocycles. The molecule has 418 valence electrons. The van der Waals surface area contributed by atoms with E-state index in [0.717, 1.165) is 109 Å². The van der Waals surface area contributed by atoms with E-state index in [2.05, 4.69) is 118 Å². The van der Waals surface area contributed by atoms with Crippen LogP contribution in [0, 0.1) is 0 Å². The molecule has 0 aromatic heterocycles. The summed E-state index contributed by atoms with van der Waals surface area (Å²) in [6, 6.07) is 0. The lowest BCUT2D eigenvalue weighted by molar-refractivity contribution is -0.167. The fourth-order valence-corrected chi connectivity index (χ4v) is 8.44. The Bertz CT molecular complexity index is 1440. The van der Waals surface area contributed by atoms with Crippen molar-refractivity contribution >= 4 is 17.9 Å². The van der Waals surface area contributed by atoms with Crippen LogP contribution in [0.25, 0.3) is 0 Å². The smallest absolute Gasteiger partial charge is 0.306 e. The quantitative estimate of drug-likeness (QED) is 0.0261. The minimum absolute atomic E-state index is 0.0959. The number of allylic oxidation sites excluding steroid dienone is 16. The van der Waals surface area contributed by atoms with Crippen molar-refractivity contribution in [2.45, 2.75) is 297 Å². The number of carbonyl (C=O) groups is 3. The number of rotatable bonds is 55. The van der Waals surface area contributed by atoms with Gasteiger partial charge >= 0.3 is 17.9 Å². The monoisotopic (exact) mass is 1010 g/mol. The van der Waals surface area contributed by atoms with Gasteiger partial charge in [0.2, 0.25) is 0 Å². The number of carbonyl (C=O) groups excluding carboxylic acids is 3. The van der Waals surface area contributed by atoms with E-state index in [1.165, 1.54) is 141 Å². The van der Waals surface area contributed by atoms with Crippen molar-refractivity contribution in [3.8, 4) is 0 Å². The molecule has 6 heteroatoms. The van der Waals surface area contributed by atoms with Crippen molar-refractivity contribution in [3.63, 3.8) is 0 Å². The highest BCUT2D eigenvalue weighted by Gasteiger charge is 2.19. The fourth-order valence-electron chi connectivity index (χ4n) is 8.44. The first-order valence-electron chi connectivity index (χ1n) is 30.7. The number of esters is 3. The molecule has 0 amide bonds. The summed E-state index contributed by atoms with van der Waals surface area (Å²) in [6.07, 6.45) is 81.2. The van der Waals surface area contributed by atoms with E-state index < -0.39 is 6.10 Å². The van der Waals surface area contributed by atoms with Crippen LogP contribution >= 0.6 is 0 Å². The second-order valence-electron chi connectivity index (χ2n) is 20.2. The standard InChI is InChI=1S/C67H114O6/c1-4-7-10-13-16-19-22-25-27-29-31-33-35-37-39-42-45-48-51-54-57-60-66(69)72-63-64(62-71-65(68)59-56-53-50-47-44-41-24-21-18-15-12-9-6-3)73-67(70)61-58-55-52-49-46-43-40-38-36-34-32-30-28-26-23-20-17-14-11-8-5-2/h9,12,18,21-23,25-26,29-32,35,37,41,44,64H,4-8,10-11,13-17,19-20,24,27-28,33-34,36,38-40,42-43,45-63H2,1-3H3/b12-9-,21-18-,25-22-,26-23-,31-29-,32-30-,37-35-,44-41-. The molecular formula is C67H114O6. The van der Waals surface area contributed by atoms with E-state index >= 15 is 0 Å². The lowest BCUT2D eigenvalue weighted by Crippen LogP contribution is -2.30. The van der Waals surface area contributed by atoms with Crippen molar-refractivity contribution in [1.82, 2.24) is 0 Å². The molecule has 0 fully saturated rings. The first kappa shape index (κ1) is 69.3. The van der Waals surface area contributed by atoms with Crippen LogP contribution in [-0.2, 0) is 28.6 Å². The second kappa shape index (κ2) is 60.9. The van der Waals surface area contributed by atoms with Crippen LogP contribution in [0.2, 0.25) is 0 Å². The lowest BCUT2D eigenvalue weighted by Gasteiger charge is -2.18. The Kier molecular flexibility index (Phi) is 57.8. The summed E-state index contributed by atoms with van der Waals surface area (Å²) in [4.78, 5) is 38.2. The van der Waals surface area contributed by atoms with Gasteiger partial charge in [-0.25, -0.2) is 0 Å². The molecule has 0 rings (SSSR count). The Hall–Kier alpha value is -3.67. The van der Waals surface area contributed by atoms with Crippen LogP contribution in [0.3, 0.4) is 0 Å². The van der Waals surface area contributed by atoms with Gasteiger partial charge in [-0.3, -0.25) is 14.4 Å². The van der Waals surface area contributed by atoms with Gasteiger partial charge in [0.15, 0.2) is 6.10 Å². The Morgan fingerprint density at radius 3 is 0.849 bits per heavy atom.